The smallest absolute Gasteiger partial charge is 0.151 e. The molecule has 1 aliphatic carbocycles. The number of benzene rings is 1. The summed E-state index contributed by atoms with van der Waals surface area (Å²) in [7, 11) is 2.13. The van der Waals surface area contributed by atoms with E-state index in [1.165, 1.54) is 12.8 Å². The first kappa shape index (κ1) is 17.2. The number of nitrogens with zero attached hydrogens (tertiary/aromatic N) is 4. The maximum atomic E-state index is 10.5. The zero-order chi connectivity index (χ0) is 19.1. The van der Waals surface area contributed by atoms with Crippen LogP contribution in [-0.2, 0) is 0 Å². The lowest BCUT2D eigenvalue weighted by Crippen LogP contribution is -2.50. The van der Waals surface area contributed by atoms with Crippen molar-refractivity contribution < 1.29 is 5.11 Å². The fraction of sp³-hybridized carbons (Fsp3) is 0.381. The number of nitrogens with one attached hydrogen (secondary N) is 2. The number of fused-ring (bicyclic) bond motifs is 2. The highest BCUT2D eigenvalue weighted by atomic mass is 16.3. The molecule has 0 unspecified atom stereocenters. The van der Waals surface area contributed by atoms with Crippen molar-refractivity contribution in [1.82, 2.24) is 25.7 Å². The number of hydrogen-bond donors (Lipinski definition) is 3. The Morgan fingerprint density at radius 2 is 1.86 bits per heavy atom. The van der Waals surface area contributed by atoms with Gasteiger partial charge in [0.05, 0.1) is 11.9 Å². The topological polar surface area (TPSA) is 90.0 Å². The van der Waals surface area contributed by atoms with Gasteiger partial charge in [0, 0.05) is 30.4 Å². The molecule has 1 saturated heterocycles. The lowest BCUT2D eigenvalue weighted by Gasteiger charge is -2.38. The standard InChI is InChI=1S/C21H24N6O/c1-27(21-14-2-3-15(21)10-22-9-14)20-7-6-18(25-26-20)17-5-4-13(8-19(17)28)16-11-23-24-12-16/h4-8,11-12,14-15,21-22,28H,2-3,9-10H2,1H3,(H,23,24)/t14-,15+,21+. The molecule has 5 rings (SSSR count). The molecule has 3 atom stereocenters. The van der Waals surface area contributed by atoms with Gasteiger partial charge in [-0.1, -0.05) is 6.07 Å². The largest absolute Gasteiger partial charge is 0.507 e. The number of phenols is 1. The second kappa shape index (κ2) is 6.91. The van der Waals surface area contributed by atoms with Gasteiger partial charge < -0.3 is 15.3 Å². The summed E-state index contributed by atoms with van der Waals surface area (Å²) in [6.45, 7) is 2.18. The van der Waals surface area contributed by atoms with Crippen LogP contribution in [0.5, 0.6) is 5.75 Å². The molecule has 0 radical (unpaired) electrons. The summed E-state index contributed by atoms with van der Waals surface area (Å²) in [5, 5.41) is 29.6. The SMILES string of the molecule is CN(c1ccc(-c2ccc(-c3cn[nH]c3)cc2O)nn1)[C@H]1[C@@H]2CC[C@H]1CNC2. The van der Waals surface area contributed by atoms with Crippen molar-refractivity contribution >= 4 is 5.82 Å². The Hall–Kier alpha value is -2.93. The van der Waals surface area contributed by atoms with Gasteiger partial charge in [-0.05, 0) is 67.6 Å². The molecule has 144 valence electrons. The van der Waals surface area contributed by atoms with E-state index in [2.05, 4.69) is 37.7 Å². The molecule has 3 aromatic rings. The predicted molar refractivity (Wildman–Crippen MR) is 108 cm³/mol. The number of piperidine rings is 1. The molecular formula is C21H24N6O. The maximum absolute atomic E-state index is 10.5. The number of aromatic hydroxyl groups is 1. The summed E-state index contributed by atoms with van der Waals surface area (Å²) in [4.78, 5) is 2.29. The maximum Gasteiger partial charge on any atom is 0.151 e. The molecule has 2 bridgehead atoms. The van der Waals surface area contributed by atoms with Crippen molar-refractivity contribution in [3.8, 4) is 28.1 Å². The first-order valence-electron chi connectivity index (χ1n) is 9.80. The fourth-order valence-corrected chi connectivity index (χ4v) is 4.83. The number of rotatable bonds is 4. The van der Waals surface area contributed by atoms with Crippen LogP contribution in [0.3, 0.4) is 0 Å². The van der Waals surface area contributed by atoms with Crippen LogP contribution in [0, 0.1) is 11.8 Å². The molecule has 7 heteroatoms. The lowest BCUT2D eigenvalue weighted by molar-refractivity contribution is 0.312. The molecule has 2 aromatic heterocycles. The molecule has 28 heavy (non-hydrogen) atoms. The second-order valence-corrected chi connectivity index (χ2v) is 7.85. The van der Waals surface area contributed by atoms with E-state index in [1.807, 2.05) is 24.3 Å². The van der Waals surface area contributed by atoms with E-state index in [1.54, 1.807) is 18.5 Å². The van der Waals surface area contributed by atoms with Crippen molar-refractivity contribution in [2.24, 2.45) is 11.8 Å². The lowest BCUT2D eigenvalue weighted by atomic mass is 9.92. The summed E-state index contributed by atoms with van der Waals surface area (Å²) in [6, 6.07) is 10.0. The third-order valence-electron chi connectivity index (χ3n) is 6.25. The Bertz CT molecular complexity index is 940. The van der Waals surface area contributed by atoms with Gasteiger partial charge in [0.25, 0.3) is 0 Å². The van der Waals surface area contributed by atoms with Crippen molar-refractivity contribution in [2.75, 3.05) is 25.0 Å². The van der Waals surface area contributed by atoms with E-state index in [4.69, 9.17) is 0 Å². The number of hydrogen-bond acceptors (Lipinski definition) is 6. The van der Waals surface area contributed by atoms with Gasteiger partial charge in [0.1, 0.15) is 5.75 Å². The van der Waals surface area contributed by atoms with Gasteiger partial charge in [-0.3, -0.25) is 5.10 Å². The monoisotopic (exact) mass is 376 g/mol. The third-order valence-corrected chi connectivity index (χ3v) is 6.25. The van der Waals surface area contributed by atoms with E-state index in [0.717, 1.165) is 30.0 Å². The quantitative estimate of drug-likeness (QED) is 0.649. The molecule has 1 aromatic carbocycles. The minimum atomic E-state index is 0.186. The molecule has 1 aliphatic heterocycles. The molecule has 3 N–H and O–H groups in total. The Morgan fingerprint density at radius 3 is 2.50 bits per heavy atom. The number of aromatic nitrogens is 4. The fourth-order valence-electron chi connectivity index (χ4n) is 4.83. The molecule has 7 nitrogen and oxygen atoms in total. The van der Waals surface area contributed by atoms with Crippen LogP contribution < -0.4 is 10.2 Å². The van der Waals surface area contributed by atoms with E-state index in [9.17, 15) is 5.11 Å². The number of phenolic OH excluding ortho intramolecular Hbond substituents is 1. The summed E-state index contributed by atoms with van der Waals surface area (Å²) in [5.41, 5.74) is 3.18. The van der Waals surface area contributed by atoms with E-state index in [-0.39, 0.29) is 5.75 Å². The zero-order valence-corrected chi connectivity index (χ0v) is 15.8. The van der Waals surface area contributed by atoms with Crippen molar-refractivity contribution in [2.45, 2.75) is 18.9 Å². The molecule has 3 heterocycles. The normalized spacial score (nSPS) is 23.7. The third kappa shape index (κ3) is 2.92. The van der Waals surface area contributed by atoms with Crippen LogP contribution in [0.4, 0.5) is 5.82 Å². The van der Waals surface area contributed by atoms with Gasteiger partial charge in [-0.25, -0.2) is 0 Å². The summed E-state index contributed by atoms with van der Waals surface area (Å²) < 4.78 is 0. The molecule has 2 aliphatic rings. The molecule has 1 saturated carbocycles. The number of H-pyrrole nitrogens is 1. The van der Waals surface area contributed by atoms with Crippen LogP contribution in [0.15, 0.2) is 42.7 Å². The Kier molecular flexibility index (Phi) is 4.24. The number of anilines is 1. The van der Waals surface area contributed by atoms with E-state index >= 15 is 0 Å². The van der Waals surface area contributed by atoms with Gasteiger partial charge in [0.15, 0.2) is 5.82 Å². The van der Waals surface area contributed by atoms with Crippen molar-refractivity contribution in [3.05, 3.63) is 42.7 Å². The van der Waals surface area contributed by atoms with Crippen LogP contribution in [0.25, 0.3) is 22.4 Å². The van der Waals surface area contributed by atoms with Crippen molar-refractivity contribution in [1.29, 1.82) is 0 Å². The highest BCUT2D eigenvalue weighted by molar-refractivity contribution is 5.73. The van der Waals surface area contributed by atoms with Crippen molar-refractivity contribution in [3.63, 3.8) is 0 Å². The van der Waals surface area contributed by atoms with Gasteiger partial charge in [-0.2, -0.15) is 5.10 Å². The summed E-state index contributed by atoms with van der Waals surface area (Å²) >= 11 is 0. The van der Waals surface area contributed by atoms with E-state index < -0.39 is 0 Å². The van der Waals surface area contributed by atoms with E-state index in [0.29, 0.717) is 29.1 Å². The van der Waals surface area contributed by atoms with Crippen LogP contribution in [0.1, 0.15) is 12.8 Å². The Labute approximate surface area is 163 Å². The van der Waals surface area contributed by atoms with Gasteiger partial charge in [0.2, 0.25) is 0 Å². The second-order valence-electron chi connectivity index (χ2n) is 7.85. The highest BCUT2D eigenvalue weighted by Gasteiger charge is 2.41. The first-order chi connectivity index (χ1) is 13.7. The summed E-state index contributed by atoms with van der Waals surface area (Å²) in [5.74, 6) is 2.45. The van der Waals surface area contributed by atoms with Gasteiger partial charge in [-0.15, -0.1) is 10.2 Å². The highest BCUT2D eigenvalue weighted by Crippen LogP contribution is 2.38. The van der Waals surface area contributed by atoms with Gasteiger partial charge >= 0.3 is 0 Å². The molecule has 0 amide bonds. The molecule has 0 spiro atoms. The predicted octanol–water partition coefficient (Wildman–Crippen LogP) is 2.67. The Balaban J connectivity index is 1.38. The average Bonchev–Trinajstić information content (AvgIpc) is 3.34. The molecular weight excluding hydrogens is 352 g/mol. The van der Waals surface area contributed by atoms with Crippen LogP contribution >= 0.6 is 0 Å². The Morgan fingerprint density at radius 1 is 1.04 bits per heavy atom. The minimum absolute atomic E-state index is 0.186. The zero-order valence-electron chi connectivity index (χ0n) is 15.8. The number of aromatic amines is 1. The van der Waals surface area contributed by atoms with Crippen LogP contribution in [0.2, 0.25) is 0 Å². The molecule has 2 fully saturated rings. The van der Waals surface area contributed by atoms with Crippen LogP contribution in [-0.4, -0.2) is 51.7 Å². The minimum Gasteiger partial charge on any atom is -0.507 e. The first-order valence-corrected chi connectivity index (χ1v) is 9.80. The average molecular weight is 376 g/mol. The summed E-state index contributed by atoms with van der Waals surface area (Å²) in [6.07, 6.45) is 6.10.